The molecule has 1 aromatic heterocycles. The van der Waals surface area contributed by atoms with Crippen LogP contribution in [0.4, 0.5) is 15.1 Å². The number of nitrogens with one attached hydrogen (secondary N) is 1. The number of fused-ring (bicyclic) bond motifs is 2. The van der Waals surface area contributed by atoms with Crippen LogP contribution in [0, 0.1) is 5.82 Å². The van der Waals surface area contributed by atoms with Crippen LogP contribution < -0.4 is 15.6 Å². The monoisotopic (exact) mass is 520 g/mol. The van der Waals surface area contributed by atoms with E-state index in [0.717, 1.165) is 0 Å². The lowest BCUT2D eigenvalue weighted by molar-refractivity contribution is -0.120. The highest BCUT2D eigenvalue weighted by atomic mass is 32.1. The molecule has 0 saturated carbocycles. The van der Waals surface area contributed by atoms with Crippen LogP contribution in [0.15, 0.2) is 114 Å². The molecule has 7 heteroatoms. The maximum atomic E-state index is 15.4. The summed E-state index contributed by atoms with van der Waals surface area (Å²) in [6.45, 7) is 0. The summed E-state index contributed by atoms with van der Waals surface area (Å²) in [6.07, 6.45) is 0. The van der Waals surface area contributed by atoms with E-state index in [1.165, 1.54) is 22.3 Å². The zero-order valence-electron chi connectivity index (χ0n) is 20.0. The molecule has 0 radical (unpaired) electrons. The number of hydrogen-bond acceptors (Lipinski definition) is 4. The minimum Gasteiger partial charge on any atom is -0.339 e. The lowest BCUT2D eigenvalue weighted by atomic mass is 9.81. The number of anilines is 2. The quantitative estimate of drug-likeness (QED) is 0.316. The van der Waals surface area contributed by atoms with Crippen LogP contribution in [0.3, 0.4) is 0 Å². The Balaban J connectivity index is 1.64. The van der Waals surface area contributed by atoms with E-state index in [1.54, 1.807) is 84.9 Å². The van der Waals surface area contributed by atoms with Gasteiger partial charge in [-0.15, -0.1) is 11.3 Å². The molecule has 0 saturated heterocycles. The van der Waals surface area contributed by atoms with Crippen LogP contribution in [0.1, 0.15) is 27.4 Å². The van der Waals surface area contributed by atoms with Crippen molar-refractivity contribution < 1.29 is 14.0 Å². The van der Waals surface area contributed by atoms with Crippen molar-refractivity contribution in [2.24, 2.45) is 0 Å². The van der Waals surface area contributed by atoms with E-state index < -0.39 is 29.6 Å². The standard InChI is InChI=1S/C31H21FN2O3S/c32-23-17-9-7-15-21(23)25-26-28(35)22-16-8-10-18-24(22)38-31(26)34(20-13-5-2-6-14-20)30(37)27(25)33-29(36)19-11-3-1-4-12-19/h1-18,25,27H,(H,33,36)/t25-,27-/m1/s1. The molecule has 4 aromatic carbocycles. The van der Waals surface area contributed by atoms with E-state index in [0.29, 0.717) is 26.3 Å². The Morgan fingerprint density at radius 3 is 2.16 bits per heavy atom. The van der Waals surface area contributed by atoms with E-state index >= 15 is 4.39 Å². The average molecular weight is 521 g/mol. The molecule has 38 heavy (non-hydrogen) atoms. The molecule has 186 valence electrons. The van der Waals surface area contributed by atoms with Crippen molar-refractivity contribution in [2.45, 2.75) is 12.0 Å². The first-order valence-corrected chi connectivity index (χ1v) is 12.9. The van der Waals surface area contributed by atoms with Gasteiger partial charge in [0.25, 0.3) is 11.8 Å². The lowest BCUT2D eigenvalue weighted by Gasteiger charge is -2.39. The second-order valence-electron chi connectivity index (χ2n) is 8.97. The van der Waals surface area contributed by atoms with Crippen molar-refractivity contribution in [3.05, 3.63) is 142 Å². The summed E-state index contributed by atoms with van der Waals surface area (Å²) in [5, 5.41) is 3.75. The van der Waals surface area contributed by atoms with Gasteiger partial charge in [0.1, 0.15) is 16.9 Å². The fourth-order valence-electron chi connectivity index (χ4n) is 4.98. The Morgan fingerprint density at radius 2 is 1.42 bits per heavy atom. The Morgan fingerprint density at radius 1 is 0.789 bits per heavy atom. The third-order valence-electron chi connectivity index (χ3n) is 6.72. The van der Waals surface area contributed by atoms with Crippen LogP contribution in [0.5, 0.6) is 0 Å². The minimum atomic E-state index is -1.23. The van der Waals surface area contributed by atoms with Crippen LogP contribution in [-0.2, 0) is 4.79 Å². The van der Waals surface area contributed by atoms with Gasteiger partial charge >= 0.3 is 0 Å². The van der Waals surface area contributed by atoms with Gasteiger partial charge in [-0.2, -0.15) is 0 Å². The van der Waals surface area contributed by atoms with E-state index in [2.05, 4.69) is 5.32 Å². The Hall–Kier alpha value is -4.62. The van der Waals surface area contributed by atoms with E-state index in [9.17, 15) is 14.4 Å². The van der Waals surface area contributed by atoms with Crippen molar-refractivity contribution in [1.29, 1.82) is 0 Å². The first-order valence-electron chi connectivity index (χ1n) is 12.1. The second-order valence-corrected chi connectivity index (χ2v) is 10.0. The number of carbonyl (C=O) groups is 2. The summed E-state index contributed by atoms with van der Waals surface area (Å²) < 4.78 is 16.1. The van der Waals surface area contributed by atoms with E-state index in [1.807, 2.05) is 18.2 Å². The maximum absolute atomic E-state index is 15.4. The fraction of sp³-hybridized carbons (Fsp3) is 0.0645. The first kappa shape index (κ1) is 23.8. The highest BCUT2D eigenvalue weighted by molar-refractivity contribution is 7.22. The van der Waals surface area contributed by atoms with Gasteiger partial charge in [-0.1, -0.05) is 66.7 Å². The summed E-state index contributed by atoms with van der Waals surface area (Å²) in [5.74, 6) is -2.52. The SMILES string of the molecule is O=C(N[C@H]1C(=O)N(c2ccccc2)c2sc3ccccc3c(=O)c2[C@H]1c1ccccc1F)c1ccccc1. The molecule has 1 aliphatic rings. The molecular weight excluding hydrogens is 499 g/mol. The number of carbonyl (C=O) groups excluding carboxylic acids is 2. The minimum absolute atomic E-state index is 0.174. The molecule has 2 atom stereocenters. The number of para-hydroxylation sites is 1. The van der Waals surface area contributed by atoms with E-state index in [4.69, 9.17) is 0 Å². The second kappa shape index (κ2) is 9.68. The smallest absolute Gasteiger partial charge is 0.255 e. The molecule has 0 fully saturated rings. The number of amides is 2. The average Bonchev–Trinajstić information content (AvgIpc) is 2.95. The van der Waals surface area contributed by atoms with Crippen molar-refractivity contribution in [3.8, 4) is 0 Å². The van der Waals surface area contributed by atoms with Gasteiger partial charge in [0.2, 0.25) is 0 Å². The van der Waals surface area contributed by atoms with Gasteiger partial charge in [0.15, 0.2) is 5.43 Å². The van der Waals surface area contributed by atoms with Crippen molar-refractivity contribution in [3.63, 3.8) is 0 Å². The molecule has 2 amide bonds. The largest absolute Gasteiger partial charge is 0.339 e. The highest BCUT2D eigenvalue weighted by Crippen LogP contribution is 2.46. The summed E-state index contributed by atoms with van der Waals surface area (Å²) in [5.41, 5.74) is 1.06. The molecule has 1 N–H and O–H groups in total. The maximum Gasteiger partial charge on any atom is 0.255 e. The molecular formula is C31H21FN2O3S. The molecule has 6 rings (SSSR count). The molecule has 0 unspecified atom stereocenters. The predicted molar refractivity (Wildman–Crippen MR) is 148 cm³/mol. The summed E-state index contributed by atoms with van der Waals surface area (Å²) >= 11 is 1.30. The number of nitrogens with zero attached hydrogens (tertiary/aromatic N) is 1. The molecule has 2 heterocycles. The molecule has 0 bridgehead atoms. The fourth-order valence-corrected chi connectivity index (χ4v) is 6.22. The van der Waals surface area contributed by atoms with Crippen molar-refractivity contribution in [2.75, 3.05) is 4.90 Å². The Labute approximate surface area is 221 Å². The van der Waals surface area contributed by atoms with E-state index in [-0.39, 0.29) is 16.6 Å². The van der Waals surface area contributed by atoms with Gasteiger partial charge < -0.3 is 5.32 Å². The number of benzene rings is 4. The van der Waals surface area contributed by atoms with Crippen molar-refractivity contribution in [1.82, 2.24) is 5.32 Å². The Kier molecular flexibility index (Phi) is 6.05. The predicted octanol–water partition coefficient (Wildman–Crippen LogP) is 6.01. The zero-order chi connectivity index (χ0) is 26.2. The number of rotatable bonds is 4. The van der Waals surface area contributed by atoms with Gasteiger partial charge in [-0.05, 0) is 48.0 Å². The van der Waals surface area contributed by atoms with Crippen molar-refractivity contribution >= 4 is 43.9 Å². The zero-order valence-corrected chi connectivity index (χ0v) is 20.8. The molecule has 1 aliphatic heterocycles. The summed E-state index contributed by atoms with van der Waals surface area (Å²) in [7, 11) is 0. The van der Waals surface area contributed by atoms with Gasteiger partial charge in [-0.25, -0.2) is 4.39 Å². The van der Waals surface area contributed by atoms with Crippen LogP contribution in [-0.4, -0.2) is 17.9 Å². The Bertz CT molecular complexity index is 1740. The topological polar surface area (TPSA) is 66.5 Å². The van der Waals surface area contributed by atoms with Crippen LogP contribution in [0.2, 0.25) is 0 Å². The highest BCUT2D eigenvalue weighted by Gasteiger charge is 2.46. The normalized spacial score (nSPS) is 16.8. The number of halogens is 1. The molecule has 0 aliphatic carbocycles. The molecule has 5 nitrogen and oxygen atoms in total. The molecule has 5 aromatic rings. The van der Waals surface area contributed by atoms with Crippen LogP contribution >= 0.6 is 11.3 Å². The third kappa shape index (κ3) is 3.97. The van der Waals surface area contributed by atoms with Gasteiger partial charge in [0, 0.05) is 32.8 Å². The van der Waals surface area contributed by atoms with Gasteiger partial charge in [-0.3, -0.25) is 19.3 Å². The van der Waals surface area contributed by atoms with Gasteiger partial charge in [0.05, 0.1) is 0 Å². The summed E-state index contributed by atoms with van der Waals surface area (Å²) in [4.78, 5) is 43.2. The van der Waals surface area contributed by atoms with Crippen LogP contribution in [0.25, 0.3) is 10.1 Å². The molecule has 0 spiro atoms. The third-order valence-corrected chi connectivity index (χ3v) is 7.90. The summed E-state index contributed by atoms with van der Waals surface area (Å²) in [6, 6.07) is 29.5. The number of hydrogen-bond donors (Lipinski definition) is 1. The lowest BCUT2D eigenvalue weighted by Crippen LogP contribution is -2.55. The first-order chi connectivity index (χ1) is 18.5.